The third-order valence-electron chi connectivity index (χ3n) is 3.49. The number of nitrogens with zero attached hydrogens (tertiary/aromatic N) is 2. The summed E-state index contributed by atoms with van der Waals surface area (Å²) in [5.41, 5.74) is 0.923. The van der Waals surface area contributed by atoms with Crippen LogP contribution in [-0.2, 0) is 14.9 Å². The molecule has 6 nitrogen and oxygen atoms in total. The number of carbonyl (C=O) groups excluding carboxylic acids is 1. The Kier molecular flexibility index (Phi) is 3.43. The summed E-state index contributed by atoms with van der Waals surface area (Å²) in [4.78, 5) is 12.4. The van der Waals surface area contributed by atoms with Crippen LogP contribution in [0.1, 0.15) is 20.8 Å². The molecule has 0 spiro atoms. The smallest absolute Gasteiger partial charge is 0.271 e. The summed E-state index contributed by atoms with van der Waals surface area (Å²) in [6, 6.07) is 8.73. The molecule has 1 aromatic carbocycles. The van der Waals surface area contributed by atoms with Crippen LogP contribution in [0.4, 0.5) is 5.69 Å². The van der Waals surface area contributed by atoms with Gasteiger partial charge in [0.25, 0.3) is 16.0 Å². The molecule has 0 saturated heterocycles. The van der Waals surface area contributed by atoms with E-state index in [0.717, 1.165) is 0 Å². The molecule has 1 atom stereocenters. The fourth-order valence-corrected chi connectivity index (χ4v) is 2.84. The van der Waals surface area contributed by atoms with Crippen molar-refractivity contribution in [3.05, 3.63) is 30.3 Å². The molecular formula is C13H16N2O4S. The molecule has 0 bridgehead atoms. The molecule has 1 amide bonds. The number of hydrogen-bond donors (Lipinski definition) is 1. The summed E-state index contributed by atoms with van der Waals surface area (Å²) in [5.74, 6) is -1.46. The molecule has 0 fully saturated rings. The lowest BCUT2D eigenvalue weighted by atomic mass is 9.90. The number of para-hydroxylation sites is 1. The maximum absolute atomic E-state index is 12.4. The first kappa shape index (κ1) is 14.7. The van der Waals surface area contributed by atoms with Gasteiger partial charge in [0.1, 0.15) is 10.7 Å². The summed E-state index contributed by atoms with van der Waals surface area (Å²) < 4.78 is 30.7. The summed E-state index contributed by atoms with van der Waals surface area (Å²) in [6.07, 6.45) is 0. The largest absolute Gasteiger partial charge is 0.285 e. The van der Waals surface area contributed by atoms with Crippen LogP contribution in [0.5, 0.6) is 0 Å². The highest BCUT2D eigenvalue weighted by molar-refractivity contribution is 7.87. The average molecular weight is 296 g/mol. The highest BCUT2D eigenvalue weighted by Gasteiger charge is 2.51. The van der Waals surface area contributed by atoms with E-state index < -0.39 is 26.7 Å². The minimum absolute atomic E-state index is 0.362. The Labute approximate surface area is 117 Å². The second-order valence-electron chi connectivity index (χ2n) is 5.24. The molecule has 0 saturated carbocycles. The van der Waals surface area contributed by atoms with Gasteiger partial charge >= 0.3 is 0 Å². The fourth-order valence-electron chi connectivity index (χ4n) is 2.27. The van der Waals surface area contributed by atoms with Crippen LogP contribution in [0.15, 0.2) is 35.4 Å². The second-order valence-corrected chi connectivity index (χ2v) is 7.24. The first-order valence-corrected chi connectivity index (χ1v) is 7.51. The van der Waals surface area contributed by atoms with E-state index in [4.69, 9.17) is 0 Å². The fraction of sp³-hybridized carbons (Fsp3) is 0.385. The van der Waals surface area contributed by atoms with Crippen LogP contribution in [0, 0.1) is 5.92 Å². The Hall–Kier alpha value is -1.73. The number of carbonyl (C=O) groups is 1. The van der Waals surface area contributed by atoms with E-state index in [1.54, 1.807) is 37.3 Å². The van der Waals surface area contributed by atoms with Gasteiger partial charge in [-0.3, -0.25) is 9.35 Å². The van der Waals surface area contributed by atoms with E-state index in [2.05, 4.69) is 5.10 Å². The van der Waals surface area contributed by atoms with Crippen LogP contribution >= 0.6 is 0 Å². The molecular weight excluding hydrogens is 280 g/mol. The van der Waals surface area contributed by atoms with Crippen LogP contribution in [-0.4, -0.2) is 29.3 Å². The predicted octanol–water partition coefficient (Wildman–Crippen LogP) is 1.69. The van der Waals surface area contributed by atoms with Crippen molar-refractivity contribution in [2.75, 3.05) is 5.01 Å². The van der Waals surface area contributed by atoms with Gasteiger partial charge in [-0.05, 0) is 32.9 Å². The molecule has 20 heavy (non-hydrogen) atoms. The van der Waals surface area contributed by atoms with Gasteiger partial charge in [-0.25, -0.2) is 5.01 Å². The second kappa shape index (κ2) is 4.68. The van der Waals surface area contributed by atoms with Crippen molar-refractivity contribution < 1.29 is 17.8 Å². The van der Waals surface area contributed by atoms with E-state index in [-0.39, 0.29) is 0 Å². The van der Waals surface area contributed by atoms with Crippen LogP contribution in [0.3, 0.4) is 0 Å². The quantitative estimate of drug-likeness (QED) is 0.860. The van der Waals surface area contributed by atoms with Crippen LogP contribution in [0.2, 0.25) is 0 Å². The zero-order valence-electron chi connectivity index (χ0n) is 11.4. The van der Waals surface area contributed by atoms with Crippen molar-refractivity contribution >= 4 is 27.4 Å². The molecule has 1 heterocycles. The Bertz CT molecular complexity index is 665. The van der Waals surface area contributed by atoms with E-state index >= 15 is 0 Å². The minimum Gasteiger partial charge on any atom is -0.285 e. The SMILES string of the molecule is CC1=NN(c2ccccc2)C(=O)C1C(C)(C)S(=O)(=O)O. The first-order chi connectivity index (χ1) is 9.16. The van der Waals surface area contributed by atoms with E-state index in [0.29, 0.717) is 11.4 Å². The van der Waals surface area contributed by atoms with E-state index in [1.807, 2.05) is 0 Å². The van der Waals surface area contributed by atoms with Gasteiger partial charge in [0.2, 0.25) is 0 Å². The number of rotatable bonds is 3. The molecule has 1 N–H and O–H groups in total. The molecule has 108 valence electrons. The number of amides is 1. The van der Waals surface area contributed by atoms with Crippen molar-refractivity contribution in [3.63, 3.8) is 0 Å². The van der Waals surface area contributed by atoms with Crippen molar-refractivity contribution in [1.82, 2.24) is 0 Å². The number of benzene rings is 1. The van der Waals surface area contributed by atoms with Gasteiger partial charge in [-0.1, -0.05) is 18.2 Å². The number of hydrazone groups is 1. The standard InChI is InChI=1S/C13H16N2O4S/c1-9-11(13(2,3)20(17,18)19)12(16)15(14-9)10-7-5-4-6-8-10/h4-8,11H,1-3H3,(H,17,18,19). The van der Waals surface area contributed by atoms with Crippen molar-refractivity contribution in [1.29, 1.82) is 0 Å². The monoisotopic (exact) mass is 296 g/mol. The normalized spacial score (nSPS) is 20.2. The topological polar surface area (TPSA) is 87.0 Å². The lowest BCUT2D eigenvalue weighted by Crippen LogP contribution is -2.47. The molecule has 1 aliphatic rings. The molecule has 7 heteroatoms. The first-order valence-electron chi connectivity index (χ1n) is 6.07. The summed E-state index contributed by atoms with van der Waals surface area (Å²) >= 11 is 0. The Morgan fingerprint density at radius 3 is 2.30 bits per heavy atom. The average Bonchev–Trinajstić information content (AvgIpc) is 2.65. The molecule has 1 aliphatic heterocycles. The maximum atomic E-state index is 12.4. The lowest BCUT2D eigenvalue weighted by Gasteiger charge is -2.27. The van der Waals surface area contributed by atoms with Crippen LogP contribution in [0.25, 0.3) is 0 Å². The Balaban J connectivity index is 2.43. The third-order valence-corrected chi connectivity index (χ3v) is 5.06. The van der Waals surface area contributed by atoms with E-state index in [9.17, 15) is 17.8 Å². The number of anilines is 1. The van der Waals surface area contributed by atoms with E-state index in [1.165, 1.54) is 18.9 Å². The summed E-state index contributed by atoms with van der Waals surface area (Å²) in [5, 5.41) is 5.30. The lowest BCUT2D eigenvalue weighted by molar-refractivity contribution is -0.120. The molecule has 2 rings (SSSR count). The molecule has 1 aromatic rings. The molecule has 0 aliphatic carbocycles. The Morgan fingerprint density at radius 2 is 1.80 bits per heavy atom. The van der Waals surface area contributed by atoms with Crippen molar-refractivity contribution in [3.8, 4) is 0 Å². The highest BCUT2D eigenvalue weighted by atomic mass is 32.2. The van der Waals surface area contributed by atoms with Gasteiger partial charge in [0.05, 0.1) is 11.4 Å². The zero-order valence-corrected chi connectivity index (χ0v) is 12.3. The van der Waals surface area contributed by atoms with Gasteiger partial charge in [0, 0.05) is 0 Å². The van der Waals surface area contributed by atoms with Crippen LogP contribution < -0.4 is 5.01 Å². The van der Waals surface area contributed by atoms with Gasteiger partial charge < -0.3 is 0 Å². The molecule has 0 radical (unpaired) electrons. The third kappa shape index (κ3) is 2.23. The summed E-state index contributed by atoms with van der Waals surface area (Å²) in [7, 11) is -4.39. The molecule has 1 unspecified atom stereocenters. The van der Waals surface area contributed by atoms with Gasteiger partial charge in [-0.2, -0.15) is 13.5 Å². The molecule has 0 aromatic heterocycles. The predicted molar refractivity (Wildman–Crippen MR) is 76.2 cm³/mol. The van der Waals surface area contributed by atoms with Gasteiger partial charge in [0.15, 0.2) is 0 Å². The van der Waals surface area contributed by atoms with Gasteiger partial charge in [-0.15, -0.1) is 0 Å². The van der Waals surface area contributed by atoms with Crippen molar-refractivity contribution in [2.45, 2.75) is 25.5 Å². The van der Waals surface area contributed by atoms with Crippen molar-refractivity contribution in [2.24, 2.45) is 11.0 Å². The zero-order chi connectivity index (χ0) is 15.1. The minimum atomic E-state index is -4.39. The maximum Gasteiger partial charge on any atom is 0.271 e. The summed E-state index contributed by atoms with van der Waals surface area (Å²) in [6.45, 7) is 4.22. The Morgan fingerprint density at radius 1 is 1.25 bits per heavy atom. The highest BCUT2D eigenvalue weighted by Crippen LogP contribution is 2.34. The number of hydrogen-bond acceptors (Lipinski definition) is 4.